The SMILES string of the molecule is CCOC(=N)C(F)(Cc1ccccc1)C(=O)OCC. The van der Waals surface area contributed by atoms with Crippen molar-refractivity contribution in [2.24, 2.45) is 0 Å². The van der Waals surface area contributed by atoms with Gasteiger partial charge in [-0.05, 0) is 19.4 Å². The average Bonchev–Trinajstić information content (AvgIpc) is 2.40. The van der Waals surface area contributed by atoms with Crippen LogP contribution < -0.4 is 0 Å². The molecule has 1 atom stereocenters. The van der Waals surface area contributed by atoms with Crippen molar-refractivity contribution >= 4 is 11.9 Å². The van der Waals surface area contributed by atoms with Crippen LogP contribution in [0.1, 0.15) is 19.4 Å². The zero-order chi connectivity index (χ0) is 14.3. The summed E-state index contributed by atoms with van der Waals surface area (Å²) in [5, 5.41) is 7.60. The number of halogens is 1. The number of carbonyl (C=O) groups is 1. The number of carbonyl (C=O) groups excluding carboxylic acids is 1. The van der Waals surface area contributed by atoms with Crippen molar-refractivity contribution < 1.29 is 18.7 Å². The van der Waals surface area contributed by atoms with Crippen LogP contribution in [0.15, 0.2) is 30.3 Å². The average molecular weight is 267 g/mol. The lowest BCUT2D eigenvalue weighted by Crippen LogP contribution is -2.46. The molecule has 5 heteroatoms. The van der Waals surface area contributed by atoms with E-state index in [2.05, 4.69) is 0 Å². The fourth-order valence-corrected chi connectivity index (χ4v) is 1.63. The zero-order valence-corrected chi connectivity index (χ0v) is 11.1. The van der Waals surface area contributed by atoms with Crippen LogP contribution in [0.25, 0.3) is 0 Å². The van der Waals surface area contributed by atoms with Crippen LogP contribution in [0, 0.1) is 5.41 Å². The van der Waals surface area contributed by atoms with Crippen molar-refractivity contribution in [2.75, 3.05) is 13.2 Å². The maximum Gasteiger partial charge on any atom is 0.354 e. The quantitative estimate of drug-likeness (QED) is 0.489. The van der Waals surface area contributed by atoms with Crippen LogP contribution in [0.2, 0.25) is 0 Å². The fourth-order valence-electron chi connectivity index (χ4n) is 1.63. The summed E-state index contributed by atoms with van der Waals surface area (Å²) in [4.78, 5) is 11.8. The molecule has 0 aliphatic carbocycles. The summed E-state index contributed by atoms with van der Waals surface area (Å²) in [7, 11) is 0. The molecule has 0 fully saturated rings. The number of esters is 1. The Morgan fingerprint density at radius 3 is 2.32 bits per heavy atom. The topological polar surface area (TPSA) is 59.4 Å². The van der Waals surface area contributed by atoms with Gasteiger partial charge in [0.15, 0.2) is 0 Å². The fraction of sp³-hybridized carbons (Fsp3) is 0.429. The van der Waals surface area contributed by atoms with E-state index in [-0.39, 0.29) is 19.6 Å². The predicted octanol–water partition coefficient (Wildman–Crippen LogP) is 2.51. The molecule has 1 unspecified atom stereocenters. The largest absolute Gasteiger partial charge is 0.479 e. The Balaban J connectivity index is 2.98. The Labute approximate surface area is 112 Å². The van der Waals surface area contributed by atoms with Crippen molar-refractivity contribution in [2.45, 2.75) is 25.9 Å². The van der Waals surface area contributed by atoms with Crippen molar-refractivity contribution in [3.63, 3.8) is 0 Å². The minimum atomic E-state index is -2.58. The molecule has 1 N–H and O–H groups in total. The van der Waals surface area contributed by atoms with Gasteiger partial charge in [0.2, 0.25) is 5.90 Å². The molecule has 1 aromatic rings. The summed E-state index contributed by atoms with van der Waals surface area (Å²) in [6.07, 6.45) is -0.272. The highest BCUT2D eigenvalue weighted by atomic mass is 19.1. The first-order valence-corrected chi connectivity index (χ1v) is 6.16. The third-order valence-corrected chi connectivity index (χ3v) is 2.54. The second kappa shape index (κ2) is 6.87. The first kappa shape index (κ1) is 15.1. The zero-order valence-electron chi connectivity index (χ0n) is 11.1. The van der Waals surface area contributed by atoms with Gasteiger partial charge < -0.3 is 9.47 Å². The van der Waals surface area contributed by atoms with Gasteiger partial charge in [-0.1, -0.05) is 30.3 Å². The van der Waals surface area contributed by atoms with Gasteiger partial charge >= 0.3 is 5.97 Å². The van der Waals surface area contributed by atoms with Crippen LogP contribution in [0.5, 0.6) is 0 Å². The Kier molecular flexibility index (Phi) is 5.48. The van der Waals surface area contributed by atoms with Gasteiger partial charge in [-0.25, -0.2) is 9.18 Å². The standard InChI is InChI=1S/C14H18FNO3/c1-3-18-12(16)14(15,13(17)19-4-2)10-11-8-6-5-7-9-11/h5-9,16H,3-4,10H2,1-2H3. The van der Waals surface area contributed by atoms with Crippen molar-refractivity contribution in [1.29, 1.82) is 5.41 Å². The summed E-state index contributed by atoms with van der Waals surface area (Å²) < 4.78 is 24.4. The summed E-state index contributed by atoms with van der Waals surface area (Å²) in [6, 6.07) is 8.65. The molecule has 0 spiro atoms. The molecule has 0 amide bonds. The third kappa shape index (κ3) is 3.77. The lowest BCUT2D eigenvalue weighted by molar-refractivity contribution is -0.153. The van der Waals surface area contributed by atoms with E-state index in [0.717, 1.165) is 0 Å². The maximum atomic E-state index is 14.8. The molecule has 104 valence electrons. The number of ether oxygens (including phenoxy) is 2. The Hall–Kier alpha value is -1.91. The molecule has 19 heavy (non-hydrogen) atoms. The summed E-state index contributed by atoms with van der Waals surface area (Å²) in [5.74, 6) is -1.80. The minimum absolute atomic E-state index is 0.0543. The monoisotopic (exact) mass is 267 g/mol. The van der Waals surface area contributed by atoms with Crippen molar-refractivity contribution in [3.05, 3.63) is 35.9 Å². The molecule has 0 heterocycles. The van der Waals surface area contributed by atoms with E-state index in [0.29, 0.717) is 5.56 Å². The second-order valence-corrected chi connectivity index (χ2v) is 3.95. The molecule has 1 aromatic carbocycles. The van der Waals surface area contributed by atoms with Crippen LogP contribution in [0.3, 0.4) is 0 Å². The van der Waals surface area contributed by atoms with E-state index >= 15 is 0 Å². The Morgan fingerprint density at radius 1 is 1.21 bits per heavy atom. The van der Waals surface area contributed by atoms with E-state index in [9.17, 15) is 9.18 Å². The number of nitrogens with one attached hydrogen (secondary N) is 1. The maximum absolute atomic E-state index is 14.8. The molecule has 0 saturated heterocycles. The van der Waals surface area contributed by atoms with Gasteiger partial charge in [0.05, 0.1) is 13.2 Å². The van der Waals surface area contributed by atoms with E-state index < -0.39 is 17.5 Å². The number of rotatable bonds is 6. The molecule has 4 nitrogen and oxygen atoms in total. The van der Waals surface area contributed by atoms with Crippen molar-refractivity contribution in [3.8, 4) is 0 Å². The molecule has 1 rings (SSSR count). The minimum Gasteiger partial charge on any atom is -0.479 e. The van der Waals surface area contributed by atoms with Gasteiger partial charge in [0, 0.05) is 6.42 Å². The normalized spacial score (nSPS) is 13.4. The van der Waals surface area contributed by atoms with Gasteiger partial charge in [-0.2, -0.15) is 0 Å². The van der Waals surface area contributed by atoms with E-state index in [1.165, 1.54) is 0 Å². The van der Waals surface area contributed by atoms with Crippen molar-refractivity contribution in [1.82, 2.24) is 0 Å². The second-order valence-electron chi connectivity index (χ2n) is 3.95. The number of hydrogen-bond acceptors (Lipinski definition) is 4. The van der Waals surface area contributed by atoms with Gasteiger partial charge in [-0.15, -0.1) is 0 Å². The van der Waals surface area contributed by atoms with Gasteiger partial charge in [0.25, 0.3) is 5.67 Å². The van der Waals surface area contributed by atoms with Crippen LogP contribution in [-0.2, 0) is 20.7 Å². The third-order valence-electron chi connectivity index (χ3n) is 2.54. The number of benzene rings is 1. The van der Waals surface area contributed by atoms with Crippen LogP contribution in [0.4, 0.5) is 4.39 Å². The lowest BCUT2D eigenvalue weighted by Gasteiger charge is -2.23. The van der Waals surface area contributed by atoms with Gasteiger partial charge in [-0.3, -0.25) is 5.41 Å². The highest BCUT2D eigenvalue weighted by Gasteiger charge is 2.47. The highest BCUT2D eigenvalue weighted by molar-refractivity contribution is 6.05. The molecule has 0 saturated carbocycles. The highest BCUT2D eigenvalue weighted by Crippen LogP contribution is 2.22. The first-order valence-electron chi connectivity index (χ1n) is 6.16. The molecule has 0 radical (unpaired) electrons. The molecular weight excluding hydrogens is 249 g/mol. The summed E-state index contributed by atoms with van der Waals surface area (Å²) in [5.41, 5.74) is -1.98. The molecule has 0 aliphatic heterocycles. The summed E-state index contributed by atoms with van der Waals surface area (Å²) >= 11 is 0. The molecule has 0 aliphatic rings. The molecular formula is C14H18FNO3. The lowest BCUT2D eigenvalue weighted by atomic mass is 9.96. The first-order chi connectivity index (χ1) is 9.04. The predicted molar refractivity (Wildman–Crippen MR) is 70.0 cm³/mol. The van der Waals surface area contributed by atoms with Crippen LogP contribution in [-0.4, -0.2) is 30.7 Å². The summed E-state index contributed by atoms with van der Waals surface area (Å²) in [6.45, 7) is 3.39. The van der Waals surface area contributed by atoms with E-state index in [1.54, 1.807) is 44.2 Å². The Morgan fingerprint density at radius 2 is 1.79 bits per heavy atom. The molecule has 0 bridgehead atoms. The Bertz CT molecular complexity index is 416. The van der Waals surface area contributed by atoms with E-state index in [4.69, 9.17) is 14.9 Å². The smallest absolute Gasteiger partial charge is 0.354 e. The number of alkyl halides is 1. The van der Waals surface area contributed by atoms with Gasteiger partial charge in [0.1, 0.15) is 0 Å². The van der Waals surface area contributed by atoms with E-state index in [1.807, 2.05) is 0 Å². The number of hydrogen-bond donors (Lipinski definition) is 1. The van der Waals surface area contributed by atoms with Crippen LogP contribution >= 0.6 is 0 Å². The molecule has 0 aromatic heterocycles.